The molecule has 1 aromatic heterocycles. The first-order chi connectivity index (χ1) is 11.6. The molecular formula is C17H21ClFN5. The molecule has 2 aromatic rings. The van der Waals surface area contributed by atoms with Crippen LogP contribution < -0.4 is 10.2 Å². The molecule has 5 nitrogen and oxygen atoms in total. The first-order valence-corrected chi connectivity index (χ1v) is 8.39. The SMILES string of the molecule is CN1CCN(c2ncc(CNCc3cccc(Cl)c3F)cn2)CC1. The number of hydrogen-bond donors (Lipinski definition) is 1. The fourth-order valence-corrected chi connectivity index (χ4v) is 2.83. The van der Waals surface area contributed by atoms with Crippen molar-refractivity contribution in [3.05, 3.63) is 52.6 Å². The number of benzene rings is 1. The Morgan fingerprint density at radius 3 is 2.54 bits per heavy atom. The van der Waals surface area contributed by atoms with Crippen LogP contribution in [0.5, 0.6) is 0 Å². The smallest absolute Gasteiger partial charge is 0.225 e. The molecule has 1 aliphatic rings. The molecule has 1 fully saturated rings. The number of nitrogens with zero attached hydrogens (tertiary/aromatic N) is 4. The molecule has 1 saturated heterocycles. The highest BCUT2D eigenvalue weighted by molar-refractivity contribution is 6.30. The maximum atomic E-state index is 13.8. The van der Waals surface area contributed by atoms with Crippen LogP contribution in [0.15, 0.2) is 30.6 Å². The largest absolute Gasteiger partial charge is 0.338 e. The lowest BCUT2D eigenvalue weighted by molar-refractivity contribution is 0.311. The summed E-state index contributed by atoms with van der Waals surface area (Å²) in [7, 11) is 2.12. The van der Waals surface area contributed by atoms with Gasteiger partial charge in [-0.2, -0.15) is 0 Å². The van der Waals surface area contributed by atoms with E-state index < -0.39 is 0 Å². The topological polar surface area (TPSA) is 44.3 Å². The number of piperazine rings is 1. The molecule has 0 spiro atoms. The van der Waals surface area contributed by atoms with Crippen LogP contribution in [0.2, 0.25) is 5.02 Å². The maximum absolute atomic E-state index is 13.8. The zero-order chi connectivity index (χ0) is 16.9. The molecule has 0 unspecified atom stereocenters. The van der Waals surface area contributed by atoms with Gasteiger partial charge in [-0.05, 0) is 13.1 Å². The van der Waals surface area contributed by atoms with Crippen molar-refractivity contribution in [1.82, 2.24) is 20.2 Å². The van der Waals surface area contributed by atoms with Crippen molar-refractivity contribution >= 4 is 17.5 Å². The molecule has 0 aliphatic carbocycles. The fourth-order valence-electron chi connectivity index (χ4n) is 2.64. The lowest BCUT2D eigenvalue weighted by Crippen LogP contribution is -2.45. The lowest BCUT2D eigenvalue weighted by Gasteiger charge is -2.32. The average Bonchev–Trinajstić information content (AvgIpc) is 2.60. The molecule has 7 heteroatoms. The number of halogens is 2. The Balaban J connectivity index is 1.52. The van der Waals surface area contributed by atoms with E-state index in [-0.39, 0.29) is 10.8 Å². The summed E-state index contributed by atoms with van der Waals surface area (Å²) in [5.74, 6) is 0.404. The molecule has 0 saturated carbocycles. The number of likely N-dealkylation sites (N-methyl/N-ethyl adjacent to an activating group) is 1. The predicted octanol–water partition coefficient (Wildman–Crippen LogP) is 2.31. The molecule has 128 valence electrons. The second-order valence-electron chi connectivity index (χ2n) is 6.00. The van der Waals surface area contributed by atoms with E-state index in [0.29, 0.717) is 18.7 Å². The van der Waals surface area contributed by atoms with E-state index in [1.165, 1.54) is 0 Å². The summed E-state index contributed by atoms with van der Waals surface area (Å²) in [5, 5.41) is 3.34. The quantitative estimate of drug-likeness (QED) is 0.897. The van der Waals surface area contributed by atoms with Crippen molar-refractivity contribution < 1.29 is 4.39 Å². The molecule has 0 amide bonds. The number of aromatic nitrogens is 2. The van der Waals surface area contributed by atoms with Gasteiger partial charge in [-0.3, -0.25) is 0 Å². The Hall–Kier alpha value is -1.76. The van der Waals surface area contributed by atoms with Crippen molar-refractivity contribution in [3.63, 3.8) is 0 Å². The fraction of sp³-hybridized carbons (Fsp3) is 0.412. The molecule has 24 heavy (non-hydrogen) atoms. The Labute approximate surface area is 146 Å². The summed E-state index contributed by atoms with van der Waals surface area (Å²) >= 11 is 5.78. The minimum atomic E-state index is -0.367. The van der Waals surface area contributed by atoms with Crippen LogP contribution in [0.25, 0.3) is 0 Å². The summed E-state index contributed by atoms with van der Waals surface area (Å²) in [6, 6.07) is 5.02. The predicted molar refractivity (Wildman–Crippen MR) is 93.7 cm³/mol. The maximum Gasteiger partial charge on any atom is 0.225 e. The van der Waals surface area contributed by atoms with Gasteiger partial charge in [0.2, 0.25) is 5.95 Å². The van der Waals surface area contributed by atoms with Gasteiger partial charge in [-0.15, -0.1) is 0 Å². The van der Waals surface area contributed by atoms with Crippen LogP contribution in [0.1, 0.15) is 11.1 Å². The second kappa shape index (κ2) is 7.88. The zero-order valence-corrected chi connectivity index (χ0v) is 14.4. The highest BCUT2D eigenvalue weighted by atomic mass is 35.5. The van der Waals surface area contributed by atoms with Gasteiger partial charge in [-0.1, -0.05) is 23.7 Å². The molecule has 1 aliphatic heterocycles. The molecular weight excluding hydrogens is 329 g/mol. The van der Waals surface area contributed by atoms with Gasteiger partial charge in [-0.25, -0.2) is 14.4 Å². The van der Waals surface area contributed by atoms with Crippen molar-refractivity contribution in [3.8, 4) is 0 Å². The highest BCUT2D eigenvalue weighted by Crippen LogP contribution is 2.17. The molecule has 3 rings (SSSR count). The van der Waals surface area contributed by atoms with Gasteiger partial charge in [0.1, 0.15) is 5.82 Å². The second-order valence-corrected chi connectivity index (χ2v) is 6.41. The molecule has 0 atom stereocenters. The number of nitrogens with one attached hydrogen (secondary N) is 1. The van der Waals surface area contributed by atoms with Gasteiger partial charge < -0.3 is 15.1 Å². The average molecular weight is 350 g/mol. The first kappa shape index (κ1) is 17.1. The summed E-state index contributed by atoms with van der Waals surface area (Å²) in [4.78, 5) is 13.4. The lowest BCUT2D eigenvalue weighted by atomic mass is 10.2. The third-order valence-electron chi connectivity index (χ3n) is 4.15. The van der Waals surface area contributed by atoms with Gasteiger partial charge in [0.05, 0.1) is 5.02 Å². The van der Waals surface area contributed by atoms with Crippen LogP contribution >= 0.6 is 11.6 Å². The number of rotatable bonds is 5. The van der Waals surface area contributed by atoms with Crippen LogP contribution in [-0.2, 0) is 13.1 Å². The van der Waals surface area contributed by atoms with Gasteiger partial charge in [0.15, 0.2) is 0 Å². The summed E-state index contributed by atoms with van der Waals surface area (Å²) in [6.45, 7) is 4.93. The van der Waals surface area contributed by atoms with Crippen molar-refractivity contribution in [2.45, 2.75) is 13.1 Å². The first-order valence-electron chi connectivity index (χ1n) is 8.01. The Kier molecular flexibility index (Phi) is 5.60. The Bertz CT molecular complexity index is 671. The number of hydrogen-bond acceptors (Lipinski definition) is 5. The summed E-state index contributed by atoms with van der Waals surface area (Å²) < 4.78 is 13.8. The third-order valence-corrected chi connectivity index (χ3v) is 4.45. The Morgan fingerprint density at radius 2 is 1.83 bits per heavy atom. The third kappa shape index (κ3) is 4.20. The standard InChI is InChI=1S/C17H21ClFN5/c1-23-5-7-24(8-6-23)17-21-10-13(11-22-17)9-20-12-14-3-2-4-15(18)16(14)19/h2-4,10-11,20H,5-9,12H2,1H3. The highest BCUT2D eigenvalue weighted by Gasteiger charge is 2.16. The molecule has 1 N–H and O–H groups in total. The Morgan fingerprint density at radius 1 is 1.12 bits per heavy atom. The van der Waals surface area contributed by atoms with E-state index in [2.05, 4.69) is 32.1 Å². The minimum Gasteiger partial charge on any atom is -0.338 e. The van der Waals surface area contributed by atoms with Crippen molar-refractivity contribution in [2.24, 2.45) is 0 Å². The normalized spacial score (nSPS) is 15.7. The molecule has 2 heterocycles. The van der Waals surface area contributed by atoms with Crippen LogP contribution in [0.3, 0.4) is 0 Å². The van der Waals surface area contributed by atoms with E-state index >= 15 is 0 Å². The zero-order valence-electron chi connectivity index (χ0n) is 13.7. The van der Waals surface area contributed by atoms with E-state index in [1.54, 1.807) is 18.2 Å². The van der Waals surface area contributed by atoms with Crippen LogP contribution in [-0.4, -0.2) is 48.1 Å². The van der Waals surface area contributed by atoms with E-state index in [1.807, 2.05) is 12.4 Å². The van der Waals surface area contributed by atoms with Gasteiger partial charge >= 0.3 is 0 Å². The van der Waals surface area contributed by atoms with Crippen LogP contribution in [0, 0.1) is 5.82 Å². The molecule has 0 radical (unpaired) electrons. The van der Waals surface area contributed by atoms with E-state index in [0.717, 1.165) is 37.7 Å². The van der Waals surface area contributed by atoms with Crippen LogP contribution in [0.4, 0.5) is 10.3 Å². The summed E-state index contributed by atoms with van der Waals surface area (Å²) in [6.07, 6.45) is 3.64. The van der Waals surface area contributed by atoms with Crippen molar-refractivity contribution in [2.75, 3.05) is 38.1 Å². The van der Waals surface area contributed by atoms with Gasteiger partial charge in [0, 0.05) is 62.8 Å². The minimum absolute atomic E-state index is 0.147. The molecule has 1 aromatic carbocycles. The monoisotopic (exact) mass is 349 g/mol. The van der Waals surface area contributed by atoms with Crippen molar-refractivity contribution in [1.29, 1.82) is 0 Å². The van der Waals surface area contributed by atoms with E-state index in [4.69, 9.17) is 11.6 Å². The molecule has 0 bridgehead atoms. The summed E-state index contributed by atoms with van der Waals surface area (Å²) in [5.41, 5.74) is 1.52. The number of anilines is 1. The van der Waals surface area contributed by atoms with Gasteiger partial charge in [0.25, 0.3) is 0 Å². The van der Waals surface area contributed by atoms with E-state index in [9.17, 15) is 4.39 Å².